The van der Waals surface area contributed by atoms with Crippen LogP contribution >= 0.6 is 0 Å². The minimum absolute atomic E-state index is 0.0905. The zero-order valence-electron chi connectivity index (χ0n) is 16.0. The molecule has 0 aliphatic carbocycles. The van der Waals surface area contributed by atoms with Crippen molar-refractivity contribution in [1.29, 1.82) is 0 Å². The number of alkyl halides is 3. The van der Waals surface area contributed by atoms with Gasteiger partial charge in [0.2, 0.25) is 0 Å². The lowest BCUT2D eigenvalue weighted by Crippen LogP contribution is -2.55. The highest BCUT2D eigenvalue weighted by molar-refractivity contribution is 4.94. The molecule has 0 radical (unpaired) electrons. The average Bonchev–Trinajstić information content (AvgIpc) is 2.45. The summed E-state index contributed by atoms with van der Waals surface area (Å²) in [7, 11) is 0. The fourth-order valence-electron chi connectivity index (χ4n) is 4.63. The summed E-state index contributed by atoms with van der Waals surface area (Å²) in [4.78, 5) is 4.16. The number of nitrogens with zero attached hydrogens (tertiary/aromatic N) is 2. The van der Waals surface area contributed by atoms with Crippen LogP contribution in [0.3, 0.4) is 0 Å². The molecular weight excluding hydrogens is 313 g/mol. The van der Waals surface area contributed by atoms with Gasteiger partial charge in [-0.2, -0.15) is 13.2 Å². The van der Waals surface area contributed by atoms with E-state index in [0.717, 1.165) is 31.8 Å². The van der Waals surface area contributed by atoms with E-state index in [9.17, 15) is 13.2 Å². The maximum Gasteiger partial charge on any atom is 0.401 e. The molecule has 2 aliphatic heterocycles. The van der Waals surface area contributed by atoms with Gasteiger partial charge in [-0.1, -0.05) is 20.8 Å². The summed E-state index contributed by atoms with van der Waals surface area (Å²) in [5.41, 5.74) is 0.465. The van der Waals surface area contributed by atoms with Gasteiger partial charge in [0, 0.05) is 5.54 Å². The van der Waals surface area contributed by atoms with Gasteiger partial charge >= 0.3 is 6.18 Å². The third kappa shape index (κ3) is 5.10. The van der Waals surface area contributed by atoms with Gasteiger partial charge in [-0.15, -0.1) is 0 Å². The van der Waals surface area contributed by atoms with Crippen LogP contribution in [0.1, 0.15) is 60.3 Å². The Labute approximate surface area is 145 Å². The van der Waals surface area contributed by atoms with E-state index in [4.69, 9.17) is 0 Å². The van der Waals surface area contributed by atoms with Crippen LogP contribution in [0.4, 0.5) is 13.2 Å². The fourth-order valence-corrected chi connectivity index (χ4v) is 4.63. The van der Waals surface area contributed by atoms with Crippen LogP contribution in [-0.4, -0.2) is 54.2 Å². The van der Waals surface area contributed by atoms with E-state index in [1.165, 1.54) is 12.8 Å². The number of likely N-dealkylation sites (tertiary alicyclic amines) is 2. The van der Waals surface area contributed by atoms with E-state index in [2.05, 4.69) is 39.5 Å². The lowest BCUT2D eigenvalue weighted by Gasteiger charge is -2.51. The monoisotopic (exact) mass is 348 g/mol. The average molecular weight is 348 g/mol. The van der Waals surface area contributed by atoms with Crippen LogP contribution in [0.2, 0.25) is 0 Å². The first-order valence-corrected chi connectivity index (χ1v) is 9.44. The minimum atomic E-state index is -4.07. The predicted octanol–water partition coefficient (Wildman–Crippen LogP) is 4.80. The van der Waals surface area contributed by atoms with Crippen molar-refractivity contribution in [3.63, 3.8) is 0 Å². The maximum atomic E-state index is 12.5. The third-order valence-corrected chi connectivity index (χ3v) is 6.52. The standard InChI is InChI=1S/C19H35F3N2/c1-17(2,3)15-8-12-24(13-9-15)18(4,5)16-6-10-23(11-7-16)14-19(20,21)22/h15-16H,6-14H2,1-5H3. The summed E-state index contributed by atoms with van der Waals surface area (Å²) in [6.07, 6.45) is 0.154. The number of piperidine rings is 2. The normalized spacial score (nSPS) is 24.5. The van der Waals surface area contributed by atoms with Crippen LogP contribution in [0.5, 0.6) is 0 Å². The van der Waals surface area contributed by atoms with E-state index < -0.39 is 12.7 Å². The van der Waals surface area contributed by atoms with Gasteiger partial charge in [0.25, 0.3) is 0 Å². The molecule has 2 heterocycles. The Morgan fingerprint density at radius 1 is 0.750 bits per heavy atom. The summed E-state index contributed by atoms with van der Waals surface area (Å²) in [5.74, 6) is 1.27. The zero-order valence-corrected chi connectivity index (χ0v) is 16.0. The summed E-state index contributed by atoms with van der Waals surface area (Å²) >= 11 is 0. The van der Waals surface area contributed by atoms with Crippen molar-refractivity contribution in [2.45, 2.75) is 72.0 Å². The molecule has 0 saturated carbocycles. The van der Waals surface area contributed by atoms with E-state index in [0.29, 0.717) is 24.4 Å². The zero-order chi connectivity index (χ0) is 18.2. The lowest BCUT2D eigenvalue weighted by molar-refractivity contribution is -0.150. The first kappa shape index (κ1) is 20.0. The van der Waals surface area contributed by atoms with Gasteiger partial charge in [-0.3, -0.25) is 9.80 Å². The van der Waals surface area contributed by atoms with Crippen LogP contribution in [0.25, 0.3) is 0 Å². The SMILES string of the molecule is CC(C)(C)C1CCN(C(C)(C)C2CCN(CC(F)(F)F)CC2)CC1. The second-order valence-corrected chi connectivity index (χ2v) is 9.45. The Morgan fingerprint density at radius 2 is 1.21 bits per heavy atom. The topological polar surface area (TPSA) is 6.48 Å². The summed E-state index contributed by atoms with van der Waals surface area (Å²) < 4.78 is 37.6. The van der Waals surface area contributed by atoms with Gasteiger partial charge in [-0.05, 0) is 83.0 Å². The van der Waals surface area contributed by atoms with Gasteiger partial charge in [-0.25, -0.2) is 0 Å². The smallest absolute Gasteiger partial charge is 0.298 e. The lowest BCUT2D eigenvalue weighted by atomic mass is 9.73. The molecule has 2 rings (SSSR count). The quantitative estimate of drug-likeness (QED) is 0.723. The summed E-state index contributed by atoms with van der Waals surface area (Å²) in [6.45, 7) is 14.2. The van der Waals surface area contributed by atoms with Crippen LogP contribution < -0.4 is 0 Å². The number of halogens is 3. The van der Waals surface area contributed by atoms with Gasteiger partial charge < -0.3 is 0 Å². The van der Waals surface area contributed by atoms with Gasteiger partial charge in [0.15, 0.2) is 0 Å². The molecular formula is C19H35F3N2. The highest BCUT2D eigenvalue weighted by Crippen LogP contribution is 2.39. The molecule has 0 amide bonds. The Bertz CT molecular complexity index is 396. The van der Waals surface area contributed by atoms with Crippen LogP contribution in [0, 0.1) is 17.3 Å². The molecule has 142 valence electrons. The van der Waals surface area contributed by atoms with Crippen molar-refractivity contribution >= 4 is 0 Å². The number of rotatable bonds is 3. The third-order valence-electron chi connectivity index (χ3n) is 6.52. The first-order valence-electron chi connectivity index (χ1n) is 9.44. The van der Waals surface area contributed by atoms with Crippen molar-refractivity contribution in [2.75, 3.05) is 32.7 Å². The molecule has 0 aromatic rings. The van der Waals surface area contributed by atoms with Crippen LogP contribution in [0.15, 0.2) is 0 Å². The van der Waals surface area contributed by atoms with Crippen molar-refractivity contribution in [2.24, 2.45) is 17.3 Å². The van der Waals surface area contributed by atoms with Crippen molar-refractivity contribution < 1.29 is 13.2 Å². The van der Waals surface area contributed by atoms with E-state index in [-0.39, 0.29) is 5.54 Å². The molecule has 0 unspecified atom stereocenters. The van der Waals surface area contributed by atoms with Gasteiger partial charge in [0.05, 0.1) is 6.54 Å². The Balaban J connectivity index is 1.86. The Hall–Kier alpha value is -0.290. The summed E-state index contributed by atoms with van der Waals surface area (Å²) in [6, 6.07) is 0. The van der Waals surface area contributed by atoms with E-state index >= 15 is 0 Å². The Morgan fingerprint density at radius 3 is 1.62 bits per heavy atom. The number of hydrogen-bond acceptors (Lipinski definition) is 2. The Kier molecular flexibility index (Phi) is 5.96. The molecule has 0 spiro atoms. The highest BCUT2D eigenvalue weighted by Gasteiger charge is 2.41. The summed E-state index contributed by atoms with van der Waals surface area (Å²) in [5, 5.41) is 0. The van der Waals surface area contributed by atoms with Gasteiger partial charge in [0.1, 0.15) is 0 Å². The van der Waals surface area contributed by atoms with Crippen molar-refractivity contribution in [3.05, 3.63) is 0 Å². The molecule has 0 N–H and O–H groups in total. The largest absolute Gasteiger partial charge is 0.401 e. The molecule has 0 aromatic heterocycles. The second kappa shape index (κ2) is 7.14. The van der Waals surface area contributed by atoms with Crippen molar-refractivity contribution in [1.82, 2.24) is 9.80 Å². The molecule has 5 heteroatoms. The molecule has 2 nitrogen and oxygen atoms in total. The number of hydrogen-bond donors (Lipinski definition) is 0. The van der Waals surface area contributed by atoms with Crippen LogP contribution in [-0.2, 0) is 0 Å². The first-order chi connectivity index (χ1) is 10.9. The molecule has 0 atom stereocenters. The molecule has 24 heavy (non-hydrogen) atoms. The predicted molar refractivity (Wildman–Crippen MR) is 93.1 cm³/mol. The maximum absolute atomic E-state index is 12.5. The molecule has 2 aliphatic rings. The molecule has 0 bridgehead atoms. The second-order valence-electron chi connectivity index (χ2n) is 9.45. The highest BCUT2D eigenvalue weighted by atomic mass is 19.4. The van der Waals surface area contributed by atoms with Crippen molar-refractivity contribution in [3.8, 4) is 0 Å². The molecule has 2 saturated heterocycles. The minimum Gasteiger partial charge on any atom is -0.298 e. The molecule has 2 fully saturated rings. The van der Waals surface area contributed by atoms with E-state index in [1.54, 1.807) is 4.90 Å². The molecule has 0 aromatic carbocycles. The fraction of sp³-hybridized carbons (Fsp3) is 1.00. The van der Waals surface area contributed by atoms with E-state index in [1.807, 2.05) is 0 Å².